The summed E-state index contributed by atoms with van der Waals surface area (Å²) in [6.07, 6.45) is 2.88. The molecule has 1 aliphatic carbocycles. The molecule has 1 aliphatic rings. The van der Waals surface area contributed by atoms with E-state index >= 15 is 0 Å². The lowest BCUT2D eigenvalue weighted by Crippen LogP contribution is -2.23. The standard InChI is InChI=1S/C12H11BrClFN2/c13-9-4-8(15)5-10(14)12(9)17-11-3-1-2-7(11)6-16/h4-5,7,11,17H,1-3H2. The van der Waals surface area contributed by atoms with E-state index in [1.54, 1.807) is 0 Å². The Morgan fingerprint density at radius 2 is 2.24 bits per heavy atom. The Hall–Kier alpha value is -0.790. The van der Waals surface area contributed by atoms with Crippen molar-refractivity contribution in [3.63, 3.8) is 0 Å². The monoisotopic (exact) mass is 316 g/mol. The molecule has 2 unspecified atom stereocenters. The van der Waals surface area contributed by atoms with E-state index in [-0.39, 0.29) is 17.8 Å². The summed E-state index contributed by atoms with van der Waals surface area (Å²) in [5.74, 6) is -0.376. The fourth-order valence-corrected chi connectivity index (χ4v) is 3.07. The maximum atomic E-state index is 13.1. The number of anilines is 1. The summed E-state index contributed by atoms with van der Waals surface area (Å²) in [5, 5.41) is 12.6. The number of nitrogens with one attached hydrogen (secondary N) is 1. The predicted molar refractivity (Wildman–Crippen MR) is 69.5 cm³/mol. The molecule has 0 spiro atoms. The molecule has 1 N–H and O–H groups in total. The van der Waals surface area contributed by atoms with Gasteiger partial charge in [-0.25, -0.2) is 4.39 Å². The van der Waals surface area contributed by atoms with E-state index in [0.29, 0.717) is 15.2 Å². The van der Waals surface area contributed by atoms with Crippen LogP contribution in [0.25, 0.3) is 0 Å². The molecule has 0 saturated heterocycles. The lowest BCUT2D eigenvalue weighted by atomic mass is 10.1. The third-order valence-corrected chi connectivity index (χ3v) is 3.94. The van der Waals surface area contributed by atoms with Gasteiger partial charge in [0.15, 0.2) is 0 Å². The molecule has 0 bridgehead atoms. The molecule has 0 amide bonds. The van der Waals surface area contributed by atoms with Crippen LogP contribution in [0.1, 0.15) is 19.3 Å². The van der Waals surface area contributed by atoms with E-state index in [4.69, 9.17) is 16.9 Å². The number of nitrogens with zero attached hydrogens (tertiary/aromatic N) is 1. The van der Waals surface area contributed by atoms with Gasteiger partial charge in [-0.1, -0.05) is 11.6 Å². The van der Waals surface area contributed by atoms with Crippen LogP contribution in [-0.4, -0.2) is 6.04 Å². The molecular weight excluding hydrogens is 307 g/mol. The molecule has 1 aromatic carbocycles. The highest BCUT2D eigenvalue weighted by molar-refractivity contribution is 9.10. The van der Waals surface area contributed by atoms with Gasteiger partial charge < -0.3 is 5.32 Å². The van der Waals surface area contributed by atoms with Crippen LogP contribution >= 0.6 is 27.5 Å². The molecule has 5 heteroatoms. The van der Waals surface area contributed by atoms with Crippen molar-refractivity contribution in [2.45, 2.75) is 25.3 Å². The normalized spacial score (nSPS) is 23.4. The minimum absolute atomic E-state index is 0.00280. The molecule has 0 heterocycles. The average molecular weight is 318 g/mol. The number of benzene rings is 1. The van der Waals surface area contributed by atoms with Crippen LogP contribution in [0.15, 0.2) is 16.6 Å². The molecule has 2 atom stereocenters. The number of hydrogen-bond acceptors (Lipinski definition) is 2. The molecule has 17 heavy (non-hydrogen) atoms. The summed E-state index contributed by atoms with van der Waals surface area (Å²) in [6.45, 7) is 0. The van der Waals surface area contributed by atoms with E-state index in [1.807, 2.05) is 0 Å². The van der Waals surface area contributed by atoms with Crippen molar-refractivity contribution in [2.75, 3.05) is 5.32 Å². The Bertz CT molecular complexity index is 449. The van der Waals surface area contributed by atoms with Crippen molar-refractivity contribution in [2.24, 2.45) is 5.92 Å². The first-order chi connectivity index (χ1) is 8.11. The van der Waals surface area contributed by atoms with Crippen molar-refractivity contribution >= 4 is 33.2 Å². The highest BCUT2D eigenvalue weighted by Gasteiger charge is 2.28. The molecule has 2 nitrogen and oxygen atoms in total. The molecule has 0 aliphatic heterocycles. The third kappa shape index (κ3) is 2.72. The molecule has 1 fully saturated rings. The highest BCUT2D eigenvalue weighted by Crippen LogP contribution is 2.35. The molecule has 0 aromatic heterocycles. The first kappa shape index (κ1) is 12.7. The van der Waals surface area contributed by atoms with Gasteiger partial charge in [0.25, 0.3) is 0 Å². The average Bonchev–Trinajstić information content (AvgIpc) is 2.70. The van der Waals surface area contributed by atoms with Crippen LogP contribution in [0.4, 0.5) is 10.1 Å². The Balaban J connectivity index is 2.22. The van der Waals surface area contributed by atoms with Crippen molar-refractivity contribution in [1.82, 2.24) is 0 Å². The molecular formula is C12H11BrClFN2. The lowest BCUT2D eigenvalue weighted by molar-refractivity contribution is 0.621. The Labute approximate surface area is 113 Å². The summed E-state index contributed by atoms with van der Waals surface area (Å²) < 4.78 is 13.7. The fraction of sp³-hybridized carbons (Fsp3) is 0.417. The zero-order valence-electron chi connectivity index (χ0n) is 9.01. The van der Waals surface area contributed by atoms with E-state index < -0.39 is 0 Å². The summed E-state index contributed by atoms with van der Waals surface area (Å²) in [4.78, 5) is 0. The van der Waals surface area contributed by atoms with E-state index in [2.05, 4.69) is 27.3 Å². The minimum Gasteiger partial charge on any atom is -0.379 e. The smallest absolute Gasteiger partial charge is 0.125 e. The van der Waals surface area contributed by atoms with Crippen LogP contribution in [0, 0.1) is 23.1 Å². The van der Waals surface area contributed by atoms with Gasteiger partial charge in [0.1, 0.15) is 5.82 Å². The van der Waals surface area contributed by atoms with Crippen molar-refractivity contribution in [3.05, 3.63) is 27.4 Å². The first-order valence-corrected chi connectivity index (χ1v) is 6.59. The number of rotatable bonds is 2. The largest absolute Gasteiger partial charge is 0.379 e. The fourth-order valence-electron chi connectivity index (χ4n) is 2.15. The Morgan fingerprint density at radius 3 is 2.88 bits per heavy atom. The number of nitriles is 1. The van der Waals surface area contributed by atoms with E-state index in [0.717, 1.165) is 19.3 Å². The van der Waals surface area contributed by atoms with Gasteiger partial charge in [-0.3, -0.25) is 0 Å². The van der Waals surface area contributed by atoms with Gasteiger partial charge in [-0.05, 0) is 47.3 Å². The van der Waals surface area contributed by atoms with Crippen LogP contribution in [0.3, 0.4) is 0 Å². The second-order valence-electron chi connectivity index (χ2n) is 4.16. The quantitative estimate of drug-likeness (QED) is 0.880. The van der Waals surface area contributed by atoms with Crippen molar-refractivity contribution in [1.29, 1.82) is 5.26 Å². The summed E-state index contributed by atoms with van der Waals surface area (Å²) in [5.41, 5.74) is 0.667. The van der Waals surface area contributed by atoms with Gasteiger partial charge in [0.2, 0.25) is 0 Å². The molecule has 90 valence electrons. The predicted octanol–water partition coefficient (Wildman–Crippen LogP) is 4.35. The van der Waals surface area contributed by atoms with E-state index in [1.165, 1.54) is 12.1 Å². The van der Waals surface area contributed by atoms with Gasteiger partial charge in [-0.2, -0.15) is 5.26 Å². The molecule has 1 saturated carbocycles. The summed E-state index contributed by atoms with van der Waals surface area (Å²) >= 11 is 9.27. The second kappa shape index (κ2) is 5.24. The maximum absolute atomic E-state index is 13.1. The minimum atomic E-state index is -0.379. The van der Waals surface area contributed by atoms with Gasteiger partial charge in [0, 0.05) is 10.5 Å². The Kier molecular flexibility index (Phi) is 3.90. The third-order valence-electron chi connectivity index (χ3n) is 3.02. The van der Waals surface area contributed by atoms with Gasteiger partial charge >= 0.3 is 0 Å². The zero-order chi connectivity index (χ0) is 12.4. The van der Waals surface area contributed by atoms with Gasteiger partial charge in [0.05, 0.1) is 22.7 Å². The topological polar surface area (TPSA) is 35.8 Å². The first-order valence-electron chi connectivity index (χ1n) is 5.42. The van der Waals surface area contributed by atoms with Crippen LogP contribution in [0.2, 0.25) is 5.02 Å². The van der Waals surface area contributed by atoms with Crippen molar-refractivity contribution < 1.29 is 4.39 Å². The van der Waals surface area contributed by atoms with Crippen molar-refractivity contribution in [3.8, 4) is 6.07 Å². The highest BCUT2D eigenvalue weighted by atomic mass is 79.9. The van der Waals surface area contributed by atoms with E-state index in [9.17, 15) is 4.39 Å². The summed E-state index contributed by atoms with van der Waals surface area (Å²) in [6, 6.07) is 5.02. The van der Waals surface area contributed by atoms with Crippen LogP contribution in [-0.2, 0) is 0 Å². The molecule has 2 rings (SSSR count). The summed E-state index contributed by atoms with van der Waals surface area (Å²) in [7, 11) is 0. The van der Waals surface area contributed by atoms with Crippen LogP contribution in [0.5, 0.6) is 0 Å². The lowest BCUT2D eigenvalue weighted by Gasteiger charge is -2.19. The zero-order valence-corrected chi connectivity index (χ0v) is 11.4. The maximum Gasteiger partial charge on any atom is 0.125 e. The van der Waals surface area contributed by atoms with Gasteiger partial charge in [-0.15, -0.1) is 0 Å². The molecule has 0 radical (unpaired) electrons. The number of hydrogen-bond donors (Lipinski definition) is 1. The SMILES string of the molecule is N#CC1CCCC1Nc1c(Cl)cc(F)cc1Br. The molecule has 1 aromatic rings. The Morgan fingerprint density at radius 1 is 1.47 bits per heavy atom. The van der Waals surface area contributed by atoms with Crippen LogP contribution < -0.4 is 5.32 Å². The number of halogens is 3. The second-order valence-corrected chi connectivity index (χ2v) is 5.42.